The zero-order valence-corrected chi connectivity index (χ0v) is 16.3. The van der Waals surface area contributed by atoms with E-state index in [0.29, 0.717) is 18.5 Å². The van der Waals surface area contributed by atoms with E-state index in [1.807, 2.05) is 36.4 Å². The fourth-order valence-electron chi connectivity index (χ4n) is 2.74. The molecule has 3 rings (SSSR count). The van der Waals surface area contributed by atoms with Gasteiger partial charge in [-0.05, 0) is 42.3 Å². The number of benzene rings is 1. The monoisotopic (exact) mass is 391 g/mol. The molecule has 0 unspecified atom stereocenters. The molecule has 0 saturated carbocycles. The van der Waals surface area contributed by atoms with E-state index < -0.39 is 0 Å². The molecule has 7 nitrogen and oxygen atoms in total. The number of aromatic nitrogens is 2. The van der Waals surface area contributed by atoms with Crippen molar-refractivity contribution in [2.24, 2.45) is 5.73 Å². The minimum absolute atomic E-state index is 0.0224. The molecule has 1 amide bonds. The van der Waals surface area contributed by atoms with Crippen molar-refractivity contribution >= 4 is 12.1 Å². The van der Waals surface area contributed by atoms with Crippen molar-refractivity contribution in [1.82, 2.24) is 14.9 Å². The number of hydrogen-bond donors (Lipinski definition) is 3. The quantitative estimate of drug-likeness (QED) is 0.533. The Morgan fingerprint density at radius 3 is 2.52 bits per heavy atom. The van der Waals surface area contributed by atoms with Gasteiger partial charge in [-0.1, -0.05) is 30.3 Å². The average Bonchev–Trinajstić information content (AvgIpc) is 2.76. The molecule has 3 aromatic rings. The lowest BCUT2D eigenvalue weighted by molar-refractivity contribution is 0.0959. The normalized spacial score (nSPS) is 9.86. The first-order valence-electron chi connectivity index (χ1n) is 9.18. The molecule has 0 fully saturated rings. The molecule has 0 bridgehead atoms. The minimum atomic E-state index is -0.239. The largest absolute Gasteiger partial charge is 0.347 e. The van der Waals surface area contributed by atoms with E-state index in [-0.39, 0.29) is 18.0 Å². The molecule has 0 radical (unpaired) electrons. The van der Waals surface area contributed by atoms with Crippen LogP contribution in [0.3, 0.4) is 0 Å². The van der Waals surface area contributed by atoms with Crippen LogP contribution in [0.4, 0.5) is 0 Å². The minimum Gasteiger partial charge on any atom is -0.347 e. The number of pyridine rings is 2. The number of nitrogens with two attached hydrogens (primary N) is 1. The molecule has 0 aliphatic heterocycles. The van der Waals surface area contributed by atoms with Gasteiger partial charge in [0.25, 0.3) is 11.5 Å². The van der Waals surface area contributed by atoms with Crippen molar-refractivity contribution in [3.05, 3.63) is 99.7 Å². The zero-order valence-electron chi connectivity index (χ0n) is 16.3. The van der Waals surface area contributed by atoms with Crippen LogP contribution < -0.4 is 16.6 Å². The van der Waals surface area contributed by atoms with Gasteiger partial charge in [0.2, 0.25) is 0 Å². The summed E-state index contributed by atoms with van der Waals surface area (Å²) in [5.74, 6) is -0.239. The van der Waals surface area contributed by atoms with Crippen LogP contribution in [0.2, 0.25) is 0 Å². The van der Waals surface area contributed by atoms with Crippen molar-refractivity contribution < 1.29 is 4.79 Å². The van der Waals surface area contributed by atoms with Crippen LogP contribution in [0, 0.1) is 5.41 Å². The van der Waals surface area contributed by atoms with Gasteiger partial charge in [0, 0.05) is 30.9 Å². The molecular weight excluding hydrogens is 366 g/mol. The Kier molecular flexibility index (Phi) is 8.47. The number of rotatable bonds is 7. The smallest absolute Gasteiger partial charge is 0.253 e. The lowest BCUT2D eigenvalue weighted by Gasteiger charge is -2.08. The van der Waals surface area contributed by atoms with Crippen molar-refractivity contribution in [3.63, 3.8) is 0 Å². The Morgan fingerprint density at radius 1 is 1.10 bits per heavy atom. The molecule has 0 atom stereocenters. The Balaban J connectivity index is 0.00000145. The van der Waals surface area contributed by atoms with Gasteiger partial charge in [-0.2, -0.15) is 0 Å². The number of carbonyl (C=O) groups excluding carboxylic acids is 1. The Bertz CT molecular complexity index is 996. The number of nitrogens with one attached hydrogen (secondary N) is 2. The third kappa shape index (κ3) is 6.51. The molecule has 7 heteroatoms. The maximum atomic E-state index is 12.0. The molecule has 150 valence electrons. The third-order valence-electron chi connectivity index (χ3n) is 4.10. The summed E-state index contributed by atoms with van der Waals surface area (Å²) < 4.78 is 1.66. The fraction of sp³-hybridized carbons (Fsp3) is 0.182. The summed E-state index contributed by atoms with van der Waals surface area (Å²) in [5.41, 5.74) is 8.03. The zero-order chi connectivity index (χ0) is 21.1. The van der Waals surface area contributed by atoms with Crippen LogP contribution in [0.1, 0.15) is 27.0 Å². The van der Waals surface area contributed by atoms with Crippen molar-refractivity contribution in [2.75, 3.05) is 13.6 Å². The fourth-order valence-corrected chi connectivity index (χ4v) is 2.74. The van der Waals surface area contributed by atoms with E-state index in [2.05, 4.69) is 16.0 Å². The van der Waals surface area contributed by atoms with Gasteiger partial charge < -0.3 is 21.0 Å². The summed E-state index contributed by atoms with van der Waals surface area (Å²) in [5, 5.41) is 9.60. The van der Waals surface area contributed by atoms with Gasteiger partial charge in [0.15, 0.2) is 0 Å². The summed E-state index contributed by atoms with van der Waals surface area (Å²) in [6, 6.07) is 15.0. The van der Waals surface area contributed by atoms with Crippen molar-refractivity contribution in [3.8, 4) is 0 Å². The van der Waals surface area contributed by atoms with Gasteiger partial charge in [-0.3, -0.25) is 14.6 Å². The molecule has 2 heterocycles. The summed E-state index contributed by atoms with van der Waals surface area (Å²) >= 11 is 0. The highest BCUT2D eigenvalue weighted by molar-refractivity contribution is 5.95. The van der Waals surface area contributed by atoms with E-state index >= 15 is 0 Å². The molecule has 0 spiro atoms. The molecule has 2 aromatic heterocycles. The molecule has 0 aliphatic carbocycles. The summed E-state index contributed by atoms with van der Waals surface area (Å²) in [4.78, 5) is 27.9. The van der Waals surface area contributed by atoms with E-state index in [9.17, 15) is 9.59 Å². The first kappa shape index (κ1) is 21.7. The summed E-state index contributed by atoms with van der Waals surface area (Å²) in [7, 11) is 1.50. The summed E-state index contributed by atoms with van der Waals surface area (Å²) in [6.07, 6.45) is 6.83. The Morgan fingerprint density at radius 2 is 1.83 bits per heavy atom. The average molecular weight is 391 g/mol. The maximum absolute atomic E-state index is 12.0. The predicted molar refractivity (Wildman–Crippen MR) is 115 cm³/mol. The van der Waals surface area contributed by atoms with Crippen LogP contribution in [0.25, 0.3) is 0 Å². The van der Waals surface area contributed by atoms with Crippen LogP contribution in [-0.4, -0.2) is 35.3 Å². The second kappa shape index (κ2) is 11.3. The second-order valence-corrected chi connectivity index (χ2v) is 6.16. The van der Waals surface area contributed by atoms with Gasteiger partial charge in [-0.25, -0.2) is 0 Å². The van der Waals surface area contributed by atoms with E-state index in [1.54, 1.807) is 29.1 Å². The Labute approximate surface area is 169 Å². The molecule has 4 N–H and O–H groups in total. The number of carbonyl (C=O) groups is 1. The van der Waals surface area contributed by atoms with Gasteiger partial charge in [0.1, 0.15) is 0 Å². The Hall–Kier alpha value is -3.58. The number of amides is 1. The van der Waals surface area contributed by atoms with Gasteiger partial charge in [-0.15, -0.1) is 0 Å². The first-order valence-corrected chi connectivity index (χ1v) is 9.18. The lowest BCUT2D eigenvalue weighted by Crippen LogP contribution is -2.25. The highest BCUT2D eigenvalue weighted by atomic mass is 16.1. The predicted octanol–water partition coefficient (Wildman–Crippen LogP) is 1.84. The molecular formula is C22H25N5O2. The topological polar surface area (TPSA) is 114 Å². The number of hydrogen-bond acceptors (Lipinski definition) is 5. The highest BCUT2D eigenvalue weighted by Crippen LogP contribution is 2.12. The van der Waals surface area contributed by atoms with Gasteiger partial charge in [0.05, 0.1) is 18.7 Å². The van der Waals surface area contributed by atoms with Crippen LogP contribution in [0.5, 0.6) is 0 Å². The summed E-state index contributed by atoms with van der Waals surface area (Å²) in [6.45, 7) is 0.735. The van der Waals surface area contributed by atoms with Crippen LogP contribution in [0.15, 0.2) is 71.9 Å². The van der Waals surface area contributed by atoms with Gasteiger partial charge >= 0.3 is 0 Å². The molecule has 0 saturated heterocycles. The third-order valence-corrected chi connectivity index (χ3v) is 4.10. The number of nitrogens with zero attached hydrogens (tertiary/aromatic N) is 2. The lowest BCUT2D eigenvalue weighted by atomic mass is 10.0. The van der Waals surface area contributed by atoms with Crippen LogP contribution in [-0.2, 0) is 13.0 Å². The highest BCUT2D eigenvalue weighted by Gasteiger charge is 2.07. The second-order valence-electron chi connectivity index (χ2n) is 6.16. The maximum Gasteiger partial charge on any atom is 0.253 e. The molecule has 1 aromatic carbocycles. The molecule has 0 aliphatic rings. The van der Waals surface area contributed by atoms with E-state index in [1.165, 1.54) is 13.2 Å². The van der Waals surface area contributed by atoms with Crippen molar-refractivity contribution in [1.29, 1.82) is 5.41 Å². The van der Waals surface area contributed by atoms with E-state index in [0.717, 1.165) is 22.9 Å². The van der Waals surface area contributed by atoms with Crippen LogP contribution >= 0.6 is 0 Å². The first-order chi connectivity index (χ1) is 14.2. The SMILES string of the molecule is CN.N=CCNC(=O)c1cncc(Cc2ccc(Cn3ccccc3=O)cc2)c1. The van der Waals surface area contributed by atoms with Crippen molar-refractivity contribution in [2.45, 2.75) is 13.0 Å². The standard InChI is InChI=1S/C21H20N4O2.CH5N/c22-8-9-24-21(27)19-12-18(13-23-14-19)11-16-4-6-17(7-5-16)15-25-10-2-1-3-20(25)26;1-2/h1-8,10,12-14,22H,9,11,15H2,(H,24,27);2H2,1H3. The molecule has 29 heavy (non-hydrogen) atoms. The van der Waals surface area contributed by atoms with E-state index in [4.69, 9.17) is 5.41 Å².